The molecule has 3 rings (SSSR count). The molecule has 0 radical (unpaired) electrons. The van der Waals surface area contributed by atoms with Crippen LogP contribution in [-0.4, -0.2) is 27.6 Å². The van der Waals surface area contributed by atoms with Crippen LogP contribution in [-0.2, 0) is 6.42 Å². The Hall–Kier alpha value is -2.33. The predicted molar refractivity (Wildman–Crippen MR) is 106 cm³/mol. The summed E-state index contributed by atoms with van der Waals surface area (Å²) in [6.07, 6.45) is 1.43. The number of para-hydroxylation sites is 1. The molecule has 0 aromatic heterocycles. The molecule has 4 heteroatoms. The first kappa shape index (κ1) is 19.4. The molecule has 144 valence electrons. The van der Waals surface area contributed by atoms with Gasteiger partial charge in [-0.3, -0.25) is 0 Å². The molecule has 2 unspecified atom stereocenters. The molecule has 2 aromatic rings. The van der Waals surface area contributed by atoms with Gasteiger partial charge in [-0.25, -0.2) is 4.39 Å². The molecule has 27 heavy (non-hydrogen) atoms. The first-order valence-corrected chi connectivity index (χ1v) is 9.66. The minimum Gasteiger partial charge on any atom is -0.507 e. The lowest BCUT2D eigenvalue weighted by Crippen LogP contribution is -2.21. The number of fused-ring (bicyclic) bond motifs is 1. The number of halogens is 1. The van der Waals surface area contributed by atoms with Gasteiger partial charge in [0, 0.05) is 11.1 Å². The molecule has 1 aliphatic rings. The molecule has 3 N–H and O–H groups in total. The molecule has 2 atom stereocenters. The summed E-state index contributed by atoms with van der Waals surface area (Å²) >= 11 is 0. The van der Waals surface area contributed by atoms with Crippen molar-refractivity contribution in [1.29, 1.82) is 0 Å². The van der Waals surface area contributed by atoms with Crippen LogP contribution in [0.3, 0.4) is 0 Å². The van der Waals surface area contributed by atoms with Gasteiger partial charge in [-0.15, -0.1) is 0 Å². The lowest BCUT2D eigenvalue weighted by molar-refractivity contribution is 0.0687. The molecule has 0 saturated carbocycles. The van der Waals surface area contributed by atoms with E-state index in [0.29, 0.717) is 18.4 Å². The van der Waals surface area contributed by atoms with E-state index in [4.69, 9.17) is 0 Å². The molecular weight excluding hydrogens is 343 g/mol. The SMILES string of the molecule is CCC(F)C(O)CCC1=C(c2ccccc2O)c2c(O)cccc2CCC1. The van der Waals surface area contributed by atoms with Crippen LogP contribution in [0.25, 0.3) is 5.57 Å². The van der Waals surface area contributed by atoms with Crippen LogP contribution in [0, 0.1) is 0 Å². The molecule has 0 fully saturated rings. The fraction of sp³-hybridized carbons (Fsp3) is 0.391. The molecular formula is C23H27FO3. The van der Waals surface area contributed by atoms with Crippen molar-refractivity contribution in [3.63, 3.8) is 0 Å². The zero-order valence-corrected chi connectivity index (χ0v) is 15.7. The standard InChI is InChI=1S/C23H27FO3/c1-2-18(24)20(26)14-13-16-8-5-7-15-9-6-12-21(27)23(15)22(16)17-10-3-4-11-19(17)25/h3-4,6,9-12,18,20,25-27H,2,5,7-8,13-14H2,1H3. The fourth-order valence-corrected chi connectivity index (χ4v) is 3.91. The maximum Gasteiger partial charge on any atom is 0.126 e. The van der Waals surface area contributed by atoms with E-state index in [1.54, 1.807) is 25.1 Å². The number of allylic oxidation sites excluding steroid dienone is 1. The largest absolute Gasteiger partial charge is 0.507 e. The van der Waals surface area contributed by atoms with Crippen molar-refractivity contribution in [1.82, 2.24) is 0 Å². The lowest BCUT2D eigenvalue weighted by Gasteiger charge is -2.20. The molecule has 0 heterocycles. The van der Waals surface area contributed by atoms with Crippen molar-refractivity contribution in [2.45, 2.75) is 57.7 Å². The topological polar surface area (TPSA) is 60.7 Å². The first-order chi connectivity index (χ1) is 13.0. The number of alkyl halides is 1. The van der Waals surface area contributed by atoms with Gasteiger partial charge in [-0.05, 0) is 61.8 Å². The second-order valence-electron chi connectivity index (χ2n) is 7.19. The van der Waals surface area contributed by atoms with Crippen LogP contribution >= 0.6 is 0 Å². The van der Waals surface area contributed by atoms with Crippen LogP contribution in [0.4, 0.5) is 4.39 Å². The third-order valence-electron chi connectivity index (χ3n) is 5.38. The van der Waals surface area contributed by atoms with Gasteiger partial charge in [0.25, 0.3) is 0 Å². The van der Waals surface area contributed by atoms with E-state index in [9.17, 15) is 19.7 Å². The lowest BCUT2D eigenvalue weighted by atomic mass is 9.87. The number of hydrogen-bond acceptors (Lipinski definition) is 3. The Morgan fingerprint density at radius 1 is 1.00 bits per heavy atom. The van der Waals surface area contributed by atoms with Gasteiger partial charge in [0.15, 0.2) is 0 Å². The highest BCUT2D eigenvalue weighted by molar-refractivity contribution is 5.89. The van der Waals surface area contributed by atoms with Crippen molar-refractivity contribution in [2.75, 3.05) is 0 Å². The second-order valence-corrected chi connectivity index (χ2v) is 7.19. The minimum atomic E-state index is -1.23. The number of aliphatic hydroxyl groups excluding tert-OH is 1. The van der Waals surface area contributed by atoms with Gasteiger partial charge in [-0.1, -0.05) is 42.8 Å². The maximum absolute atomic E-state index is 13.8. The van der Waals surface area contributed by atoms with Crippen LogP contribution < -0.4 is 0 Å². The van der Waals surface area contributed by atoms with E-state index < -0.39 is 12.3 Å². The monoisotopic (exact) mass is 370 g/mol. The number of aromatic hydroxyl groups is 2. The van der Waals surface area contributed by atoms with Crippen LogP contribution in [0.1, 0.15) is 55.7 Å². The molecule has 1 aliphatic carbocycles. The third-order valence-corrected chi connectivity index (χ3v) is 5.38. The molecule has 0 aliphatic heterocycles. The summed E-state index contributed by atoms with van der Waals surface area (Å²) in [6.45, 7) is 1.72. The Kier molecular flexibility index (Phi) is 6.17. The van der Waals surface area contributed by atoms with Gasteiger partial charge in [0.05, 0.1) is 6.10 Å². The van der Waals surface area contributed by atoms with Gasteiger partial charge in [0.2, 0.25) is 0 Å². The molecule has 3 nitrogen and oxygen atoms in total. The number of aliphatic hydroxyl groups is 1. The highest BCUT2D eigenvalue weighted by Crippen LogP contribution is 2.43. The second kappa shape index (κ2) is 8.57. The third kappa shape index (κ3) is 4.16. The van der Waals surface area contributed by atoms with Crippen molar-refractivity contribution < 1.29 is 19.7 Å². The fourth-order valence-electron chi connectivity index (χ4n) is 3.91. The van der Waals surface area contributed by atoms with Crippen molar-refractivity contribution in [3.8, 4) is 11.5 Å². The zero-order valence-electron chi connectivity index (χ0n) is 15.7. The molecule has 0 saturated heterocycles. The van der Waals surface area contributed by atoms with E-state index >= 15 is 0 Å². The van der Waals surface area contributed by atoms with Crippen LogP contribution in [0.15, 0.2) is 48.0 Å². The van der Waals surface area contributed by atoms with Crippen LogP contribution in [0.2, 0.25) is 0 Å². The van der Waals surface area contributed by atoms with E-state index in [-0.39, 0.29) is 17.9 Å². The summed E-state index contributed by atoms with van der Waals surface area (Å²) in [5.74, 6) is 0.334. The van der Waals surface area contributed by atoms with E-state index in [1.165, 1.54) is 0 Å². The number of phenols is 2. The van der Waals surface area contributed by atoms with E-state index in [1.807, 2.05) is 24.3 Å². The van der Waals surface area contributed by atoms with Gasteiger partial charge >= 0.3 is 0 Å². The van der Waals surface area contributed by atoms with Crippen molar-refractivity contribution in [3.05, 3.63) is 64.7 Å². The number of rotatable bonds is 6. The summed E-state index contributed by atoms with van der Waals surface area (Å²) in [6, 6.07) is 12.6. The maximum atomic E-state index is 13.8. The number of aryl methyl sites for hydroxylation is 1. The summed E-state index contributed by atoms with van der Waals surface area (Å²) in [4.78, 5) is 0. The predicted octanol–water partition coefficient (Wildman–Crippen LogP) is 5.13. The zero-order chi connectivity index (χ0) is 19.4. The van der Waals surface area contributed by atoms with Gasteiger partial charge in [-0.2, -0.15) is 0 Å². The molecule has 0 amide bonds. The highest BCUT2D eigenvalue weighted by atomic mass is 19.1. The minimum absolute atomic E-state index is 0.151. The Morgan fingerprint density at radius 2 is 1.74 bits per heavy atom. The van der Waals surface area contributed by atoms with Crippen molar-refractivity contribution in [2.24, 2.45) is 0 Å². The normalized spacial score (nSPS) is 16.6. The van der Waals surface area contributed by atoms with Crippen LogP contribution in [0.5, 0.6) is 11.5 Å². The van der Waals surface area contributed by atoms with Crippen molar-refractivity contribution >= 4 is 5.57 Å². The number of hydrogen-bond donors (Lipinski definition) is 3. The summed E-state index contributed by atoms with van der Waals surface area (Å²) < 4.78 is 13.8. The molecule has 0 bridgehead atoms. The first-order valence-electron chi connectivity index (χ1n) is 9.66. The summed E-state index contributed by atoms with van der Waals surface area (Å²) in [5, 5.41) is 31.2. The average Bonchev–Trinajstić information content (AvgIpc) is 2.86. The Morgan fingerprint density at radius 3 is 2.48 bits per heavy atom. The Labute approximate surface area is 159 Å². The van der Waals surface area contributed by atoms with E-state index in [2.05, 4.69) is 0 Å². The average molecular weight is 370 g/mol. The van der Waals surface area contributed by atoms with Gasteiger partial charge in [0.1, 0.15) is 17.7 Å². The molecule has 2 aromatic carbocycles. The molecule has 0 spiro atoms. The number of benzene rings is 2. The summed E-state index contributed by atoms with van der Waals surface area (Å²) in [7, 11) is 0. The van der Waals surface area contributed by atoms with Gasteiger partial charge < -0.3 is 15.3 Å². The van der Waals surface area contributed by atoms with E-state index in [0.717, 1.165) is 41.5 Å². The summed E-state index contributed by atoms with van der Waals surface area (Å²) in [5.41, 5.74) is 4.31. The highest BCUT2D eigenvalue weighted by Gasteiger charge is 2.24. The smallest absolute Gasteiger partial charge is 0.126 e. The number of phenolic OH excluding ortho intramolecular Hbond substituents is 2. The Bertz CT molecular complexity index is 828. The quantitative estimate of drug-likeness (QED) is 0.661. The Balaban J connectivity index is 2.10.